The lowest BCUT2D eigenvalue weighted by atomic mass is 10.4. The molecule has 1 rings (SSSR count). The Morgan fingerprint density at radius 2 is 1.89 bits per heavy atom. The van der Waals surface area contributed by atoms with Crippen LogP contribution in [-0.4, -0.2) is 74.3 Å². The second-order valence-corrected chi connectivity index (χ2v) is 6.20. The molecule has 0 aromatic carbocycles. The molecule has 1 saturated heterocycles. The quantitative estimate of drug-likeness (QED) is 0.673. The van der Waals surface area contributed by atoms with Crippen LogP contribution < -0.4 is 4.72 Å². The lowest BCUT2D eigenvalue weighted by Gasteiger charge is -2.33. The first kappa shape index (κ1) is 16.2. The van der Waals surface area contributed by atoms with Crippen molar-refractivity contribution >= 4 is 16.3 Å². The minimum absolute atomic E-state index is 0.0473. The van der Waals surface area contributed by atoms with Crippen LogP contribution >= 0.6 is 0 Å². The number of carbonyl (C=O) groups excluding carboxylic acids is 1. The number of nitrogens with zero attached hydrogens (tertiary/aromatic N) is 2. The van der Waals surface area contributed by atoms with Crippen LogP contribution in [0.5, 0.6) is 0 Å². The molecular formula is C10H21N3O5S. The standard InChI is InChI=1S/C10H21N3O5S/c1-9(2)18-10(15)11-19(16,17)13-5-3-12(4-6-13)7-8-14/h9,14H,3-8H2,1-2H3,(H,11,15). The number of amides is 1. The Bertz CT molecular complexity index is 390. The number of nitrogens with one attached hydrogen (secondary N) is 1. The molecule has 0 atom stereocenters. The largest absolute Gasteiger partial charge is 0.446 e. The maximum absolute atomic E-state index is 11.9. The number of carbonyl (C=O) groups is 1. The summed E-state index contributed by atoms with van der Waals surface area (Å²) in [5.41, 5.74) is 0. The van der Waals surface area contributed by atoms with Crippen molar-refractivity contribution in [3.05, 3.63) is 0 Å². The Balaban J connectivity index is 2.48. The molecule has 1 heterocycles. The summed E-state index contributed by atoms with van der Waals surface area (Å²) in [5, 5.41) is 8.80. The zero-order valence-corrected chi connectivity index (χ0v) is 12.0. The molecule has 0 aromatic heterocycles. The fraction of sp³-hybridized carbons (Fsp3) is 0.900. The van der Waals surface area contributed by atoms with E-state index in [1.807, 2.05) is 9.62 Å². The van der Waals surface area contributed by atoms with Gasteiger partial charge in [0.1, 0.15) is 0 Å². The van der Waals surface area contributed by atoms with Gasteiger partial charge in [-0.15, -0.1) is 0 Å². The van der Waals surface area contributed by atoms with E-state index in [1.165, 1.54) is 4.31 Å². The van der Waals surface area contributed by atoms with Gasteiger partial charge in [0.15, 0.2) is 0 Å². The van der Waals surface area contributed by atoms with E-state index in [1.54, 1.807) is 13.8 Å². The highest BCUT2D eigenvalue weighted by Crippen LogP contribution is 2.06. The van der Waals surface area contributed by atoms with E-state index in [9.17, 15) is 13.2 Å². The molecule has 8 nitrogen and oxygen atoms in total. The number of β-amino-alcohol motifs (C(OH)–C–C–N with tert-alkyl or cyclic N) is 1. The first-order valence-electron chi connectivity index (χ1n) is 6.17. The molecular weight excluding hydrogens is 274 g/mol. The third kappa shape index (κ3) is 5.31. The van der Waals surface area contributed by atoms with Crippen LogP contribution in [0, 0.1) is 0 Å². The third-order valence-electron chi connectivity index (χ3n) is 2.64. The van der Waals surface area contributed by atoms with Gasteiger partial charge in [-0.05, 0) is 13.8 Å². The molecule has 0 unspecified atom stereocenters. The molecule has 0 bridgehead atoms. The normalized spacial score (nSPS) is 18.5. The van der Waals surface area contributed by atoms with E-state index >= 15 is 0 Å². The van der Waals surface area contributed by atoms with E-state index in [2.05, 4.69) is 0 Å². The van der Waals surface area contributed by atoms with Crippen molar-refractivity contribution < 1.29 is 23.1 Å². The highest BCUT2D eigenvalue weighted by molar-refractivity contribution is 7.87. The van der Waals surface area contributed by atoms with Crippen LogP contribution in [0.1, 0.15) is 13.8 Å². The number of hydrogen-bond acceptors (Lipinski definition) is 6. The molecule has 0 saturated carbocycles. The summed E-state index contributed by atoms with van der Waals surface area (Å²) in [6.45, 7) is 5.47. The summed E-state index contributed by atoms with van der Waals surface area (Å²) < 4.78 is 31.6. The minimum atomic E-state index is -3.85. The summed E-state index contributed by atoms with van der Waals surface area (Å²) in [4.78, 5) is 13.3. The zero-order valence-electron chi connectivity index (χ0n) is 11.2. The second-order valence-electron chi connectivity index (χ2n) is 4.53. The highest BCUT2D eigenvalue weighted by atomic mass is 32.2. The lowest BCUT2D eigenvalue weighted by molar-refractivity contribution is 0.120. The molecule has 1 aliphatic heterocycles. The zero-order chi connectivity index (χ0) is 14.5. The highest BCUT2D eigenvalue weighted by Gasteiger charge is 2.28. The fourth-order valence-corrected chi connectivity index (χ4v) is 2.77. The Morgan fingerprint density at radius 1 is 1.32 bits per heavy atom. The van der Waals surface area contributed by atoms with Gasteiger partial charge in [-0.2, -0.15) is 12.7 Å². The second kappa shape index (κ2) is 7.04. The van der Waals surface area contributed by atoms with E-state index in [4.69, 9.17) is 9.84 Å². The summed E-state index contributed by atoms with van der Waals surface area (Å²) in [6, 6.07) is 0. The Kier molecular flexibility index (Phi) is 5.98. The van der Waals surface area contributed by atoms with Gasteiger partial charge in [-0.25, -0.2) is 9.52 Å². The van der Waals surface area contributed by atoms with Crippen LogP contribution in [0.2, 0.25) is 0 Å². The maximum Gasteiger partial charge on any atom is 0.422 e. The summed E-state index contributed by atoms with van der Waals surface area (Å²) in [7, 11) is -3.85. The molecule has 1 fully saturated rings. The summed E-state index contributed by atoms with van der Waals surface area (Å²) in [5.74, 6) is 0. The van der Waals surface area contributed by atoms with Crippen molar-refractivity contribution in [1.29, 1.82) is 0 Å². The van der Waals surface area contributed by atoms with Crippen molar-refractivity contribution in [3.8, 4) is 0 Å². The molecule has 0 radical (unpaired) electrons. The van der Waals surface area contributed by atoms with Crippen molar-refractivity contribution in [3.63, 3.8) is 0 Å². The van der Waals surface area contributed by atoms with E-state index in [-0.39, 0.29) is 25.8 Å². The predicted octanol–water partition coefficient (Wildman–Crippen LogP) is -1.02. The van der Waals surface area contributed by atoms with Crippen LogP contribution in [0.15, 0.2) is 0 Å². The number of aliphatic hydroxyl groups is 1. The van der Waals surface area contributed by atoms with Gasteiger partial charge >= 0.3 is 16.3 Å². The molecule has 19 heavy (non-hydrogen) atoms. The van der Waals surface area contributed by atoms with Gasteiger partial charge in [0.25, 0.3) is 0 Å². The first-order valence-corrected chi connectivity index (χ1v) is 7.61. The molecule has 0 aromatic rings. The molecule has 9 heteroatoms. The third-order valence-corrected chi connectivity index (χ3v) is 4.11. The van der Waals surface area contributed by atoms with Gasteiger partial charge in [0.2, 0.25) is 0 Å². The monoisotopic (exact) mass is 295 g/mol. The summed E-state index contributed by atoms with van der Waals surface area (Å²) >= 11 is 0. The molecule has 112 valence electrons. The number of rotatable bonds is 5. The van der Waals surface area contributed by atoms with Gasteiger partial charge < -0.3 is 9.84 Å². The summed E-state index contributed by atoms with van der Waals surface area (Å²) in [6.07, 6.45) is -1.34. The van der Waals surface area contributed by atoms with E-state index < -0.39 is 16.3 Å². The van der Waals surface area contributed by atoms with Crippen molar-refractivity contribution in [2.75, 3.05) is 39.3 Å². The Hall–Kier alpha value is -0.900. The van der Waals surface area contributed by atoms with Gasteiger partial charge in [-0.3, -0.25) is 4.90 Å². The molecule has 1 amide bonds. The number of ether oxygens (including phenoxy) is 1. The molecule has 0 aliphatic carbocycles. The molecule has 0 spiro atoms. The van der Waals surface area contributed by atoms with Crippen molar-refractivity contribution in [1.82, 2.24) is 13.9 Å². The van der Waals surface area contributed by atoms with Crippen LogP contribution in [0.3, 0.4) is 0 Å². The first-order chi connectivity index (χ1) is 8.85. The van der Waals surface area contributed by atoms with Gasteiger partial charge in [0.05, 0.1) is 12.7 Å². The number of aliphatic hydroxyl groups excluding tert-OH is 1. The molecule has 2 N–H and O–H groups in total. The van der Waals surface area contributed by atoms with Gasteiger partial charge in [-0.1, -0.05) is 0 Å². The average Bonchev–Trinajstić information content (AvgIpc) is 2.28. The van der Waals surface area contributed by atoms with Crippen molar-refractivity contribution in [2.45, 2.75) is 20.0 Å². The van der Waals surface area contributed by atoms with Crippen LogP contribution in [-0.2, 0) is 14.9 Å². The fourth-order valence-electron chi connectivity index (χ4n) is 1.74. The van der Waals surface area contributed by atoms with E-state index in [0.717, 1.165) is 0 Å². The Morgan fingerprint density at radius 3 is 2.37 bits per heavy atom. The average molecular weight is 295 g/mol. The lowest BCUT2D eigenvalue weighted by Crippen LogP contribution is -2.53. The maximum atomic E-state index is 11.9. The SMILES string of the molecule is CC(C)OC(=O)NS(=O)(=O)N1CCN(CCO)CC1. The minimum Gasteiger partial charge on any atom is -0.446 e. The predicted molar refractivity (Wildman–Crippen MR) is 68.8 cm³/mol. The van der Waals surface area contributed by atoms with Crippen molar-refractivity contribution in [2.24, 2.45) is 0 Å². The van der Waals surface area contributed by atoms with E-state index in [0.29, 0.717) is 19.6 Å². The van der Waals surface area contributed by atoms with Crippen LogP contribution in [0.4, 0.5) is 4.79 Å². The van der Waals surface area contributed by atoms with Crippen LogP contribution in [0.25, 0.3) is 0 Å². The Labute approximate surface area is 113 Å². The topological polar surface area (TPSA) is 99.2 Å². The smallest absolute Gasteiger partial charge is 0.422 e. The van der Waals surface area contributed by atoms with Gasteiger partial charge in [0, 0.05) is 32.7 Å². The number of piperazine rings is 1. The molecule has 1 aliphatic rings. The number of hydrogen-bond donors (Lipinski definition) is 2.